The van der Waals surface area contributed by atoms with Crippen molar-refractivity contribution >= 4 is 23.5 Å². The zero-order valence-electron chi connectivity index (χ0n) is 15.4. The molecule has 1 heterocycles. The van der Waals surface area contributed by atoms with Crippen LogP contribution in [0.3, 0.4) is 0 Å². The van der Waals surface area contributed by atoms with Crippen LogP contribution in [0.25, 0.3) is 0 Å². The third kappa shape index (κ3) is 4.59. The Balaban J connectivity index is 1.79. The summed E-state index contributed by atoms with van der Waals surface area (Å²) in [5.74, 6) is 0.124. The Morgan fingerprint density at radius 3 is 2.40 bits per heavy atom. The molecule has 4 amide bonds. The summed E-state index contributed by atoms with van der Waals surface area (Å²) >= 11 is 0. The first-order valence-electron chi connectivity index (χ1n) is 8.78. The molecule has 6 nitrogen and oxygen atoms in total. The van der Waals surface area contributed by atoms with Crippen molar-refractivity contribution in [2.24, 2.45) is 0 Å². The molecule has 6 heteroatoms. The molecule has 0 radical (unpaired) electrons. The zero-order chi connectivity index (χ0) is 18.6. The van der Waals surface area contributed by atoms with Gasteiger partial charge in [0.15, 0.2) is 0 Å². The predicted octanol–water partition coefficient (Wildman–Crippen LogP) is 3.25. The fourth-order valence-corrected chi connectivity index (χ4v) is 2.77. The molecule has 1 unspecified atom stereocenters. The number of carbonyl (C=O) groups excluding carboxylic acids is 3. The van der Waals surface area contributed by atoms with Gasteiger partial charge in [-0.3, -0.25) is 14.5 Å². The van der Waals surface area contributed by atoms with Gasteiger partial charge in [0.1, 0.15) is 5.54 Å². The molecular formula is C19H27N3O3. The van der Waals surface area contributed by atoms with E-state index in [4.69, 9.17) is 0 Å². The molecule has 1 aromatic rings. The number of benzene rings is 1. The summed E-state index contributed by atoms with van der Waals surface area (Å²) in [6.07, 6.45) is 1.77. The van der Waals surface area contributed by atoms with Crippen molar-refractivity contribution in [3.8, 4) is 0 Å². The van der Waals surface area contributed by atoms with Gasteiger partial charge in [-0.1, -0.05) is 26.0 Å². The quantitative estimate of drug-likeness (QED) is 0.745. The molecule has 1 atom stereocenters. The highest BCUT2D eigenvalue weighted by molar-refractivity contribution is 6.06. The second-order valence-corrected chi connectivity index (χ2v) is 7.09. The normalized spacial score (nSPS) is 17.4. The molecule has 1 aliphatic rings. The molecule has 0 saturated carbocycles. The van der Waals surface area contributed by atoms with Crippen molar-refractivity contribution < 1.29 is 14.4 Å². The van der Waals surface area contributed by atoms with Gasteiger partial charge in [0, 0.05) is 18.7 Å². The summed E-state index contributed by atoms with van der Waals surface area (Å²) in [6, 6.07) is 7.47. The first-order chi connectivity index (χ1) is 11.7. The third-order valence-electron chi connectivity index (χ3n) is 4.61. The van der Waals surface area contributed by atoms with Crippen molar-refractivity contribution in [1.82, 2.24) is 10.2 Å². The Morgan fingerprint density at radius 1 is 1.24 bits per heavy atom. The zero-order valence-corrected chi connectivity index (χ0v) is 15.4. The predicted molar refractivity (Wildman–Crippen MR) is 97.3 cm³/mol. The maximum atomic E-state index is 12.1. The number of hydrogen-bond acceptors (Lipinski definition) is 3. The summed E-state index contributed by atoms with van der Waals surface area (Å²) in [5.41, 5.74) is 1.14. The Hall–Kier alpha value is -2.37. The van der Waals surface area contributed by atoms with Crippen LogP contribution in [-0.4, -0.2) is 34.8 Å². The van der Waals surface area contributed by atoms with Gasteiger partial charge in [-0.25, -0.2) is 4.79 Å². The van der Waals surface area contributed by atoms with Crippen LogP contribution in [0.2, 0.25) is 0 Å². The number of carbonyl (C=O) groups is 3. The van der Waals surface area contributed by atoms with Crippen LogP contribution >= 0.6 is 0 Å². The van der Waals surface area contributed by atoms with Gasteiger partial charge in [0.25, 0.3) is 5.91 Å². The Labute approximate surface area is 149 Å². The van der Waals surface area contributed by atoms with E-state index >= 15 is 0 Å². The van der Waals surface area contributed by atoms with Gasteiger partial charge in [-0.2, -0.15) is 0 Å². The van der Waals surface area contributed by atoms with E-state index in [1.165, 1.54) is 10.5 Å². The number of nitrogens with zero attached hydrogens (tertiary/aromatic N) is 1. The number of nitrogens with one attached hydrogen (secondary N) is 2. The molecule has 1 saturated heterocycles. The van der Waals surface area contributed by atoms with E-state index in [0.29, 0.717) is 12.3 Å². The average molecular weight is 345 g/mol. The Kier molecular flexibility index (Phi) is 5.82. The summed E-state index contributed by atoms with van der Waals surface area (Å²) in [4.78, 5) is 37.0. The molecule has 1 aromatic carbocycles. The topological polar surface area (TPSA) is 78.5 Å². The lowest BCUT2D eigenvalue weighted by Gasteiger charge is -2.15. The second-order valence-electron chi connectivity index (χ2n) is 7.09. The second kappa shape index (κ2) is 7.68. The lowest BCUT2D eigenvalue weighted by Crippen LogP contribution is -2.40. The summed E-state index contributed by atoms with van der Waals surface area (Å²) in [5, 5.41) is 5.47. The minimum absolute atomic E-state index is 0.123. The van der Waals surface area contributed by atoms with Gasteiger partial charge in [-0.15, -0.1) is 0 Å². The number of urea groups is 1. The number of hydrogen-bond donors (Lipinski definition) is 2. The summed E-state index contributed by atoms with van der Waals surface area (Å²) in [6.45, 7) is 7.90. The minimum atomic E-state index is -0.864. The van der Waals surface area contributed by atoms with E-state index in [1.54, 1.807) is 13.8 Å². The highest BCUT2D eigenvalue weighted by Crippen LogP contribution is 2.21. The maximum absolute atomic E-state index is 12.1. The van der Waals surface area contributed by atoms with E-state index in [-0.39, 0.29) is 24.8 Å². The van der Waals surface area contributed by atoms with Gasteiger partial charge in [-0.05, 0) is 50.3 Å². The van der Waals surface area contributed by atoms with Crippen LogP contribution < -0.4 is 10.6 Å². The molecule has 1 aliphatic heterocycles. The molecule has 2 rings (SSSR count). The average Bonchev–Trinajstić information content (AvgIpc) is 2.76. The van der Waals surface area contributed by atoms with Crippen molar-refractivity contribution in [2.75, 3.05) is 11.9 Å². The van der Waals surface area contributed by atoms with E-state index in [1.807, 2.05) is 24.3 Å². The van der Waals surface area contributed by atoms with Gasteiger partial charge < -0.3 is 10.6 Å². The number of imide groups is 1. The van der Waals surface area contributed by atoms with Crippen LogP contribution in [0.15, 0.2) is 24.3 Å². The maximum Gasteiger partial charge on any atom is 0.325 e. The van der Waals surface area contributed by atoms with Crippen molar-refractivity contribution in [3.05, 3.63) is 29.8 Å². The minimum Gasteiger partial charge on any atom is -0.326 e. The molecule has 136 valence electrons. The van der Waals surface area contributed by atoms with Crippen LogP contribution in [0.5, 0.6) is 0 Å². The van der Waals surface area contributed by atoms with E-state index in [9.17, 15) is 14.4 Å². The monoisotopic (exact) mass is 345 g/mol. The molecule has 0 aromatic heterocycles. The van der Waals surface area contributed by atoms with Crippen LogP contribution in [0.4, 0.5) is 10.5 Å². The lowest BCUT2D eigenvalue weighted by molar-refractivity contribution is -0.130. The van der Waals surface area contributed by atoms with Crippen molar-refractivity contribution in [2.45, 2.75) is 58.4 Å². The first-order valence-corrected chi connectivity index (χ1v) is 8.78. The molecule has 0 aliphatic carbocycles. The molecule has 25 heavy (non-hydrogen) atoms. The van der Waals surface area contributed by atoms with Crippen LogP contribution in [0.1, 0.15) is 58.4 Å². The fraction of sp³-hybridized carbons (Fsp3) is 0.526. The number of anilines is 1. The molecule has 0 spiro atoms. The molecular weight excluding hydrogens is 318 g/mol. The smallest absolute Gasteiger partial charge is 0.325 e. The van der Waals surface area contributed by atoms with E-state index < -0.39 is 11.6 Å². The lowest BCUT2D eigenvalue weighted by atomic mass is 9.99. The van der Waals surface area contributed by atoms with E-state index in [2.05, 4.69) is 24.5 Å². The van der Waals surface area contributed by atoms with E-state index in [0.717, 1.165) is 12.1 Å². The Bertz CT molecular complexity index is 652. The number of amides is 4. The van der Waals surface area contributed by atoms with Gasteiger partial charge in [0.2, 0.25) is 5.91 Å². The van der Waals surface area contributed by atoms with Gasteiger partial charge >= 0.3 is 6.03 Å². The third-order valence-corrected chi connectivity index (χ3v) is 4.61. The largest absolute Gasteiger partial charge is 0.326 e. The highest BCUT2D eigenvalue weighted by Gasteiger charge is 2.43. The Morgan fingerprint density at radius 2 is 1.88 bits per heavy atom. The van der Waals surface area contributed by atoms with Crippen molar-refractivity contribution in [3.63, 3.8) is 0 Å². The van der Waals surface area contributed by atoms with Crippen molar-refractivity contribution in [1.29, 1.82) is 0 Å². The summed E-state index contributed by atoms with van der Waals surface area (Å²) < 4.78 is 0. The summed E-state index contributed by atoms with van der Waals surface area (Å²) in [7, 11) is 0. The number of rotatable bonds is 7. The molecule has 0 bridgehead atoms. The first kappa shape index (κ1) is 19.0. The van der Waals surface area contributed by atoms with Crippen LogP contribution in [0, 0.1) is 0 Å². The SMILES string of the molecule is CCC(C)c1ccc(NC(=O)CCCN2C(=O)NC(C)(C)C2=O)cc1. The van der Waals surface area contributed by atoms with Gasteiger partial charge in [0.05, 0.1) is 0 Å². The fourth-order valence-electron chi connectivity index (χ4n) is 2.77. The standard InChI is InChI=1S/C19H27N3O3/c1-5-13(2)14-8-10-15(11-9-14)20-16(23)7-6-12-22-17(24)19(3,4)21-18(22)25/h8-11,13H,5-7,12H2,1-4H3,(H,20,23)(H,21,25). The molecule has 2 N–H and O–H groups in total. The highest BCUT2D eigenvalue weighted by atomic mass is 16.2. The van der Waals surface area contributed by atoms with Crippen LogP contribution in [-0.2, 0) is 9.59 Å². The molecule has 1 fully saturated rings.